The van der Waals surface area contributed by atoms with Crippen molar-refractivity contribution < 1.29 is 14.7 Å². The molecule has 0 heterocycles. The van der Waals surface area contributed by atoms with Gasteiger partial charge in [0.25, 0.3) is 0 Å². The second-order valence-electron chi connectivity index (χ2n) is 4.42. The van der Waals surface area contributed by atoms with Crippen molar-refractivity contribution >= 4 is 38.1 Å². The van der Waals surface area contributed by atoms with E-state index >= 15 is 0 Å². The van der Waals surface area contributed by atoms with Crippen LogP contribution in [0.15, 0.2) is 50.5 Å². The molecule has 0 amide bonds. The van der Waals surface area contributed by atoms with Crippen LogP contribution in [0.2, 0.25) is 0 Å². The van der Waals surface area contributed by atoms with Gasteiger partial charge in [-0.15, -0.1) is 0 Å². The summed E-state index contributed by atoms with van der Waals surface area (Å²) in [6.07, 6.45) is 1.34. The highest BCUT2D eigenvalue weighted by Gasteiger charge is 2.12. The van der Waals surface area contributed by atoms with Crippen molar-refractivity contribution in [1.82, 2.24) is 0 Å². The van der Waals surface area contributed by atoms with Crippen LogP contribution in [0.1, 0.15) is 18.1 Å². The van der Waals surface area contributed by atoms with Crippen LogP contribution in [0.5, 0.6) is 11.5 Å². The van der Waals surface area contributed by atoms with Crippen LogP contribution in [-0.4, -0.2) is 18.0 Å². The van der Waals surface area contributed by atoms with Crippen LogP contribution in [0.3, 0.4) is 0 Å². The Morgan fingerprint density at radius 3 is 2.50 bits per heavy atom. The Kier molecular flexibility index (Phi) is 6.27. The number of halogens is 2. The lowest BCUT2D eigenvalue weighted by Gasteiger charge is -2.14. The molecule has 22 heavy (non-hydrogen) atoms. The third-order valence-corrected chi connectivity index (χ3v) is 3.95. The van der Waals surface area contributed by atoms with Crippen LogP contribution in [0, 0.1) is 0 Å². The van der Waals surface area contributed by atoms with Crippen LogP contribution in [0.4, 0.5) is 0 Å². The van der Waals surface area contributed by atoms with E-state index in [1.54, 1.807) is 12.1 Å². The molecule has 6 heteroatoms. The number of rotatable bonds is 6. The van der Waals surface area contributed by atoms with Crippen molar-refractivity contribution in [1.29, 1.82) is 0 Å². The van der Waals surface area contributed by atoms with E-state index < -0.39 is 0 Å². The minimum atomic E-state index is 0.430. The molecular weight excluding hydrogens is 414 g/mol. The van der Waals surface area contributed by atoms with Crippen molar-refractivity contribution in [3.63, 3.8) is 0 Å². The Hall–Kier alpha value is -1.53. The number of hydrogen-bond donors (Lipinski definition) is 1. The topological polar surface area (TPSA) is 51.0 Å². The van der Waals surface area contributed by atoms with Gasteiger partial charge in [-0.1, -0.05) is 33.2 Å². The van der Waals surface area contributed by atoms with Crippen LogP contribution < -0.4 is 9.47 Å². The van der Waals surface area contributed by atoms with Gasteiger partial charge >= 0.3 is 0 Å². The molecule has 0 atom stereocenters. The molecule has 0 bridgehead atoms. The lowest BCUT2D eigenvalue weighted by atomic mass is 10.2. The zero-order valence-corrected chi connectivity index (χ0v) is 15.1. The molecule has 1 N–H and O–H groups in total. The largest absolute Gasteiger partial charge is 0.490 e. The highest BCUT2D eigenvalue weighted by atomic mass is 79.9. The van der Waals surface area contributed by atoms with Crippen molar-refractivity contribution in [3.05, 3.63) is 56.5 Å². The first-order valence-electron chi connectivity index (χ1n) is 6.65. The second-order valence-corrected chi connectivity index (χ2v) is 6.19. The lowest BCUT2D eigenvalue weighted by molar-refractivity contribution is 0.267. The van der Waals surface area contributed by atoms with E-state index in [1.165, 1.54) is 6.21 Å². The second kappa shape index (κ2) is 8.19. The van der Waals surface area contributed by atoms with E-state index in [0.717, 1.165) is 14.5 Å². The van der Waals surface area contributed by atoms with Gasteiger partial charge in [0.2, 0.25) is 0 Å². The molecule has 0 aliphatic heterocycles. The molecule has 0 aliphatic carbocycles. The Bertz CT molecular complexity index is 657. The van der Waals surface area contributed by atoms with Gasteiger partial charge in [-0.2, -0.15) is 0 Å². The zero-order chi connectivity index (χ0) is 15.9. The van der Waals surface area contributed by atoms with E-state index in [4.69, 9.17) is 14.7 Å². The van der Waals surface area contributed by atoms with E-state index in [9.17, 15) is 0 Å². The third kappa shape index (κ3) is 4.48. The molecule has 0 saturated heterocycles. The molecule has 2 aromatic carbocycles. The summed E-state index contributed by atoms with van der Waals surface area (Å²) < 4.78 is 13.3. The van der Waals surface area contributed by atoms with Gasteiger partial charge in [-0.25, -0.2) is 0 Å². The predicted octanol–water partition coefficient (Wildman–Crippen LogP) is 5.00. The zero-order valence-electron chi connectivity index (χ0n) is 11.9. The number of hydrogen-bond acceptors (Lipinski definition) is 4. The van der Waals surface area contributed by atoms with Crippen molar-refractivity contribution in [2.45, 2.75) is 13.5 Å². The van der Waals surface area contributed by atoms with E-state index in [-0.39, 0.29) is 0 Å². The minimum Gasteiger partial charge on any atom is -0.490 e. The molecule has 2 rings (SSSR count). The summed E-state index contributed by atoms with van der Waals surface area (Å²) >= 11 is 6.87. The maximum absolute atomic E-state index is 8.65. The van der Waals surface area contributed by atoms with Crippen LogP contribution in [-0.2, 0) is 6.61 Å². The number of nitrogens with zero attached hydrogens (tertiary/aromatic N) is 1. The summed E-state index contributed by atoms with van der Waals surface area (Å²) in [6, 6.07) is 11.5. The van der Waals surface area contributed by atoms with Gasteiger partial charge in [-0.05, 0) is 52.7 Å². The predicted molar refractivity (Wildman–Crippen MR) is 93.2 cm³/mol. The first kappa shape index (κ1) is 16.8. The van der Waals surface area contributed by atoms with Gasteiger partial charge in [0, 0.05) is 10.0 Å². The first-order valence-corrected chi connectivity index (χ1v) is 8.23. The molecular formula is C16H15Br2NO3. The Morgan fingerprint density at radius 1 is 1.14 bits per heavy atom. The molecule has 0 unspecified atom stereocenters. The van der Waals surface area contributed by atoms with Gasteiger partial charge in [0.1, 0.15) is 6.61 Å². The van der Waals surface area contributed by atoms with E-state index in [1.807, 2.05) is 31.2 Å². The average molecular weight is 429 g/mol. The molecule has 0 fully saturated rings. The third-order valence-electron chi connectivity index (χ3n) is 2.83. The average Bonchev–Trinajstić information content (AvgIpc) is 2.49. The summed E-state index contributed by atoms with van der Waals surface area (Å²) in [5, 5.41) is 11.7. The molecule has 0 radical (unpaired) electrons. The Labute approximate surface area is 146 Å². The monoisotopic (exact) mass is 427 g/mol. The van der Waals surface area contributed by atoms with Gasteiger partial charge in [0.05, 0.1) is 17.3 Å². The molecule has 0 spiro atoms. The number of benzene rings is 2. The smallest absolute Gasteiger partial charge is 0.175 e. The summed E-state index contributed by atoms with van der Waals surface area (Å²) in [6.45, 7) is 2.85. The molecule has 0 aromatic heterocycles. The standard InChI is InChI=1S/C16H15Br2NO3/c1-2-21-15-8-12(9-19-20)7-14(18)16(15)22-10-11-3-5-13(17)6-4-11/h3-9,20H,2,10H2,1H3/b19-9+. The lowest BCUT2D eigenvalue weighted by Crippen LogP contribution is -2.01. The summed E-state index contributed by atoms with van der Waals surface area (Å²) in [7, 11) is 0. The van der Waals surface area contributed by atoms with Crippen molar-refractivity contribution in [2.24, 2.45) is 5.16 Å². The molecule has 4 nitrogen and oxygen atoms in total. The number of ether oxygens (including phenoxy) is 2. The Balaban J connectivity index is 2.22. The fourth-order valence-corrected chi connectivity index (χ4v) is 2.71. The van der Waals surface area contributed by atoms with Crippen LogP contribution >= 0.6 is 31.9 Å². The van der Waals surface area contributed by atoms with E-state index in [0.29, 0.717) is 30.3 Å². The maximum Gasteiger partial charge on any atom is 0.175 e. The fourth-order valence-electron chi connectivity index (χ4n) is 1.87. The van der Waals surface area contributed by atoms with Crippen molar-refractivity contribution in [2.75, 3.05) is 6.61 Å². The number of oxime groups is 1. The van der Waals surface area contributed by atoms with Crippen LogP contribution in [0.25, 0.3) is 0 Å². The summed E-state index contributed by atoms with van der Waals surface area (Å²) in [5.74, 6) is 1.23. The van der Waals surface area contributed by atoms with Crippen molar-refractivity contribution in [3.8, 4) is 11.5 Å². The highest BCUT2D eigenvalue weighted by molar-refractivity contribution is 9.10. The fraction of sp³-hybridized carbons (Fsp3) is 0.188. The quantitative estimate of drug-likeness (QED) is 0.400. The van der Waals surface area contributed by atoms with Gasteiger partial charge in [-0.3, -0.25) is 0 Å². The summed E-state index contributed by atoms with van der Waals surface area (Å²) in [5.41, 5.74) is 1.77. The highest BCUT2D eigenvalue weighted by Crippen LogP contribution is 2.37. The van der Waals surface area contributed by atoms with E-state index in [2.05, 4.69) is 37.0 Å². The summed E-state index contributed by atoms with van der Waals surface area (Å²) in [4.78, 5) is 0. The van der Waals surface area contributed by atoms with Gasteiger partial charge in [0.15, 0.2) is 11.5 Å². The molecule has 0 aliphatic rings. The maximum atomic E-state index is 8.65. The minimum absolute atomic E-state index is 0.430. The molecule has 116 valence electrons. The molecule has 0 saturated carbocycles. The first-order chi connectivity index (χ1) is 10.6. The molecule has 2 aromatic rings. The normalized spacial score (nSPS) is 10.9. The Morgan fingerprint density at radius 2 is 1.86 bits per heavy atom. The SMILES string of the molecule is CCOc1cc(/C=N/O)cc(Br)c1OCc1ccc(Br)cc1. The van der Waals surface area contributed by atoms with Gasteiger partial charge < -0.3 is 14.7 Å².